The van der Waals surface area contributed by atoms with Crippen LogP contribution in [0, 0.1) is 5.82 Å². The Morgan fingerprint density at radius 3 is 2.59 bits per heavy atom. The Hall–Kier alpha value is -2.44. The lowest BCUT2D eigenvalue weighted by Gasteiger charge is -2.19. The van der Waals surface area contributed by atoms with E-state index in [0.717, 1.165) is 6.07 Å². The molecule has 1 aromatic rings. The molecule has 0 aromatic heterocycles. The Balaban J connectivity index is 2.53. The van der Waals surface area contributed by atoms with Gasteiger partial charge in [-0.05, 0) is 32.0 Å². The molecular formula is C15H19FN2O4. The van der Waals surface area contributed by atoms with Crippen LogP contribution in [0.15, 0.2) is 24.3 Å². The van der Waals surface area contributed by atoms with Crippen molar-refractivity contribution in [1.82, 2.24) is 10.2 Å². The number of likely N-dealkylation sites (N-methyl/N-ethyl adjacent to an activating group) is 1. The highest BCUT2D eigenvalue weighted by Gasteiger charge is 2.17. The van der Waals surface area contributed by atoms with Crippen molar-refractivity contribution in [2.75, 3.05) is 26.2 Å². The Morgan fingerprint density at radius 2 is 2.00 bits per heavy atom. The van der Waals surface area contributed by atoms with Gasteiger partial charge in [0.2, 0.25) is 5.91 Å². The van der Waals surface area contributed by atoms with Gasteiger partial charge >= 0.3 is 5.97 Å². The average Bonchev–Trinajstić information content (AvgIpc) is 2.50. The van der Waals surface area contributed by atoms with Gasteiger partial charge in [-0.2, -0.15) is 0 Å². The van der Waals surface area contributed by atoms with Gasteiger partial charge in [-0.3, -0.25) is 14.4 Å². The molecule has 6 nitrogen and oxygen atoms in total. The zero-order valence-electron chi connectivity index (χ0n) is 12.6. The van der Waals surface area contributed by atoms with Gasteiger partial charge in [0.05, 0.1) is 13.2 Å². The van der Waals surface area contributed by atoms with Crippen LogP contribution in [-0.4, -0.2) is 48.9 Å². The minimum absolute atomic E-state index is 0.126. The van der Waals surface area contributed by atoms with E-state index >= 15 is 0 Å². The molecule has 0 radical (unpaired) electrons. The summed E-state index contributed by atoms with van der Waals surface area (Å²) in [5, 5.41) is 2.40. The molecule has 0 fully saturated rings. The first-order valence-electron chi connectivity index (χ1n) is 6.95. The zero-order valence-corrected chi connectivity index (χ0v) is 12.6. The minimum Gasteiger partial charge on any atom is -0.465 e. The molecule has 2 amide bonds. The fraction of sp³-hybridized carbons (Fsp3) is 0.400. The van der Waals surface area contributed by atoms with Gasteiger partial charge in [0.1, 0.15) is 12.4 Å². The van der Waals surface area contributed by atoms with Crippen LogP contribution < -0.4 is 5.32 Å². The van der Waals surface area contributed by atoms with Crippen LogP contribution in [0.25, 0.3) is 0 Å². The molecule has 0 aliphatic carbocycles. The van der Waals surface area contributed by atoms with Crippen LogP contribution >= 0.6 is 0 Å². The largest absolute Gasteiger partial charge is 0.465 e. The normalized spacial score (nSPS) is 9.95. The van der Waals surface area contributed by atoms with Crippen molar-refractivity contribution >= 4 is 17.8 Å². The second kappa shape index (κ2) is 8.76. The molecule has 0 bridgehead atoms. The first-order valence-corrected chi connectivity index (χ1v) is 6.95. The Morgan fingerprint density at radius 1 is 1.27 bits per heavy atom. The molecule has 0 heterocycles. The summed E-state index contributed by atoms with van der Waals surface area (Å²) in [6, 6.07) is 5.15. The number of amides is 2. The molecular weight excluding hydrogens is 291 g/mol. The molecule has 1 rings (SSSR count). The van der Waals surface area contributed by atoms with Crippen molar-refractivity contribution in [3.8, 4) is 0 Å². The van der Waals surface area contributed by atoms with E-state index < -0.39 is 23.6 Å². The second-order valence-corrected chi connectivity index (χ2v) is 4.41. The number of nitrogens with zero attached hydrogens (tertiary/aromatic N) is 1. The fourth-order valence-corrected chi connectivity index (χ4v) is 1.74. The van der Waals surface area contributed by atoms with Crippen LogP contribution in [0.5, 0.6) is 0 Å². The second-order valence-electron chi connectivity index (χ2n) is 4.41. The Kier molecular flexibility index (Phi) is 7.01. The summed E-state index contributed by atoms with van der Waals surface area (Å²) in [5.74, 6) is -2.01. The number of carbonyl (C=O) groups excluding carboxylic acids is 3. The van der Waals surface area contributed by atoms with Gasteiger partial charge in [-0.1, -0.05) is 6.07 Å². The predicted molar refractivity (Wildman–Crippen MR) is 77.6 cm³/mol. The smallest absolute Gasteiger partial charge is 0.325 e. The van der Waals surface area contributed by atoms with Gasteiger partial charge in [-0.25, -0.2) is 4.39 Å². The van der Waals surface area contributed by atoms with Gasteiger partial charge in [0.25, 0.3) is 5.91 Å². The summed E-state index contributed by atoms with van der Waals surface area (Å²) in [6.45, 7) is 3.50. The third-order valence-corrected chi connectivity index (χ3v) is 2.85. The lowest BCUT2D eigenvalue weighted by molar-refractivity contribution is -0.148. The van der Waals surface area contributed by atoms with Crippen molar-refractivity contribution in [2.24, 2.45) is 0 Å². The highest BCUT2D eigenvalue weighted by atomic mass is 19.1. The van der Waals surface area contributed by atoms with E-state index in [-0.39, 0.29) is 25.3 Å². The van der Waals surface area contributed by atoms with E-state index in [9.17, 15) is 18.8 Å². The summed E-state index contributed by atoms with van der Waals surface area (Å²) < 4.78 is 17.8. The molecule has 22 heavy (non-hydrogen) atoms. The summed E-state index contributed by atoms with van der Waals surface area (Å²) in [4.78, 5) is 36.4. The van der Waals surface area contributed by atoms with Gasteiger partial charge in [-0.15, -0.1) is 0 Å². The van der Waals surface area contributed by atoms with E-state index in [4.69, 9.17) is 4.74 Å². The van der Waals surface area contributed by atoms with Crippen molar-refractivity contribution < 1.29 is 23.5 Å². The first kappa shape index (κ1) is 17.6. The number of halogens is 1. The molecule has 0 unspecified atom stereocenters. The third-order valence-electron chi connectivity index (χ3n) is 2.85. The predicted octanol–water partition coefficient (Wildman–Crippen LogP) is 0.967. The maximum absolute atomic E-state index is 13.0. The van der Waals surface area contributed by atoms with E-state index in [1.807, 2.05) is 0 Å². The molecule has 0 aliphatic heterocycles. The zero-order chi connectivity index (χ0) is 16.5. The molecule has 0 saturated heterocycles. The Labute approximate surface area is 128 Å². The van der Waals surface area contributed by atoms with Crippen LogP contribution in [0.4, 0.5) is 4.39 Å². The topological polar surface area (TPSA) is 75.7 Å². The summed E-state index contributed by atoms with van der Waals surface area (Å²) in [5.41, 5.74) is 0.126. The maximum Gasteiger partial charge on any atom is 0.325 e. The number of hydrogen-bond donors (Lipinski definition) is 1. The van der Waals surface area contributed by atoms with Gasteiger partial charge in [0.15, 0.2) is 0 Å². The number of rotatable bonds is 7. The van der Waals surface area contributed by atoms with E-state index in [1.54, 1.807) is 13.8 Å². The van der Waals surface area contributed by atoms with Gasteiger partial charge in [0, 0.05) is 12.1 Å². The maximum atomic E-state index is 13.0. The van der Waals surface area contributed by atoms with Crippen molar-refractivity contribution in [3.63, 3.8) is 0 Å². The number of hydrogen-bond acceptors (Lipinski definition) is 4. The molecule has 0 aliphatic rings. The SMILES string of the molecule is CCOC(=O)CN(CC)C(=O)CNC(=O)c1cccc(F)c1. The van der Waals surface area contributed by atoms with E-state index in [1.165, 1.54) is 23.1 Å². The molecule has 1 aromatic carbocycles. The number of nitrogens with one attached hydrogen (secondary N) is 1. The molecule has 0 saturated carbocycles. The quantitative estimate of drug-likeness (QED) is 0.761. The van der Waals surface area contributed by atoms with E-state index in [0.29, 0.717) is 6.54 Å². The lowest BCUT2D eigenvalue weighted by atomic mass is 10.2. The number of benzene rings is 1. The summed E-state index contributed by atoms with van der Waals surface area (Å²) >= 11 is 0. The van der Waals surface area contributed by atoms with Gasteiger partial charge < -0.3 is 15.0 Å². The minimum atomic E-state index is -0.556. The van der Waals surface area contributed by atoms with Crippen molar-refractivity contribution in [3.05, 3.63) is 35.6 Å². The molecule has 1 N–H and O–H groups in total. The molecule has 7 heteroatoms. The summed E-state index contributed by atoms with van der Waals surface area (Å²) in [6.07, 6.45) is 0. The Bertz CT molecular complexity index is 548. The lowest BCUT2D eigenvalue weighted by Crippen LogP contribution is -2.42. The summed E-state index contributed by atoms with van der Waals surface area (Å²) in [7, 11) is 0. The van der Waals surface area contributed by atoms with Crippen LogP contribution in [-0.2, 0) is 14.3 Å². The average molecular weight is 310 g/mol. The van der Waals surface area contributed by atoms with Crippen molar-refractivity contribution in [2.45, 2.75) is 13.8 Å². The molecule has 120 valence electrons. The highest BCUT2D eigenvalue weighted by molar-refractivity contribution is 5.96. The highest BCUT2D eigenvalue weighted by Crippen LogP contribution is 2.03. The number of carbonyl (C=O) groups is 3. The molecule has 0 atom stereocenters. The van der Waals surface area contributed by atoms with E-state index in [2.05, 4.69) is 5.32 Å². The fourth-order valence-electron chi connectivity index (χ4n) is 1.74. The first-order chi connectivity index (χ1) is 10.5. The standard InChI is InChI=1S/C15H19FN2O4/c1-3-18(10-14(20)22-4-2)13(19)9-17-15(21)11-6-5-7-12(16)8-11/h5-8H,3-4,9-10H2,1-2H3,(H,17,21). The van der Waals surface area contributed by atoms with Crippen LogP contribution in [0.2, 0.25) is 0 Å². The number of ether oxygens (including phenoxy) is 1. The number of esters is 1. The van der Waals surface area contributed by atoms with Crippen LogP contribution in [0.3, 0.4) is 0 Å². The van der Waals surface area contributed by atoms with Crippen LogP contribution in [0.1, 0.15) is 24.2 Å². The van der Waals surface area contributed by atoms with Crippen molar-refractivity contribution in [1.29, 1.82) is 0 Å². The third kappa shape index (κ3) is 5.51. The molecule has 0 spiro atoms. The monoisotopic (exact) mass is 310 g/mol.